The molecule has 7 saturated carbocycles. The van der Waals surface area contributed by atoms with Gasteiger partial charge in [-0.3, -0.25) is 0 Å². The number of nitroso groups, excluding NO2 is 1. The summed E-state index contributed by atoms with van der Waals surface area (Å²) in [6, 6.07) is 0. The topological polar surface area (TPSA) is 29.4 Å². The van der Waals surface area contributed by atoms with Crippen LogP contribution in [0.15, 0.2) is 80.3 Å². The monoisotopic (exact) mass is 441 g/mol. The standard InChI is InChI=1S/C32H27NO/c1-2-14-7-19(14)24-25-26-30(32(24,25)26)12-16(30)3-4-17-21-9-22(23(17)21)20-8-18(20)15-10-29(11-15)27-28(13-33-34)5-6-31(27,28)29/h3-6,9,15-16,18,20,23,26-27H,2,8,10-13H2,1H3/b4-3+. The minimum atomic E-state index is 0.247. The van der Waals surface area contributed by atoms with Crippen LogP contribution < -0.4 is 0 Å². The molecule has 7 fully saturated rings. The number of nitrogens with zero attached hydrogens (tertiary/aromatic N) is 1. The molecule has 12 rings (SSSR count). The maximum atomic E-state index is 10.8. The molecule has 4 spiro atoms. The highest BCUT2D eigenvalue weighted by atomic mass is 16.3. The highest BCUT2D eigenvalue weighted by Gasteiger charge is 3.09. The third-order valence-electron chi connectivity index (χ3n) is 14.1. The zero-order valence-electron chi connectivity index (χ0n) is 19.5. The second kappa shape index (κ2) is 4.00. The molecule has 10 unspecified atom stereocenters. The van der Waals surface area contributed by atoms with Gasteiger partial charge in [0.1, 0.15) is 0 Å². The lowest BCUT2D eigenvalue weighted by Gasteiger charge is -2.51. The van der Waals surface area contributed by atoms with Crippen LogP contribution in [-0.2, 0) is 0 Å². The molecule has 0 N–H and O–H groups in total. The second-order valence-corrected chi connectivity index (χ2v) is 14.4. The molecule has 0 aromatic carbocycles. The van der Waals surface area contributed by atoms with Crippen LogP contribution in [0.25, 0.3) is 0 Å². The normalized spacial score (nSPS) is 64.4. The number of hydrogen-bond donors (Lipinski definition) is 0. The highest BCUT2D eigenvalue weighted by Crippen LogP contribution is 3.14. The second-order valence-electron chi connectivity index (χ2n) is 14.4. The summed E-state index contributed by atoms with van der Waals surface area (Å²) in [7, 11) is 0. The lowest BCUT2D eigenvalue weighted by atomic mass is 9.53. The minimum Gasteiger partial charge on any atom is -0.151 e. The third-order valence-corrected chi connectivity index (χ3v) is 14.1. The van der Waals surface area contributed by atoms with Gasteiger partial charge in [0.2, 0.25) is 0 Å². The molecule has 0 aromatic rings. The quantitative estimate of drug-likeness (QED) is 0.250. The van der Waals surface area contributed by atoms with Gasteiger partial charge in [-0.15, -0.1) is 5.73 Å². The van der Waals surface area contributed by atoms with Gasteiger partial charge < -0.3 is 0 Å². The Morgan fingerprint density at radius 3 is 2.88 bits per heavy atom. The summed E-state index contributed by atoms with van der Waals surface area (Å²) in [6.07, 6.45) is 19.5. The van der Waals surface area contributed by atoms with Crippen LogP contribution in [0.4, 0.5) is 0 Å². The average molecular weight is 442 g/mol. The molecule has 34 heavy (non-hydrogen) atoms. The Morgan fingerprint density at radius 2 is 2.15 bits per heavy atom. The average Bonchev–Trinajstić information content (AvgIpc) is 3.55. The van der Waals surface area contributed by atoms with Gasteiger partial charge in [0.05, 0.1) is 6.54 Å². The van der Waals surface area contributed by atoms with Gasteiger partial charge in [-0.1, -0.05) is 48.1 Å². The van der Waals surface area contributed by atoms with E-state index >= 15 is 0 Å². The van der Waals surface area contributed by atoms with E-state index in [2.05, 4.69) is 48.2 Å². The predicted molar refractivity (Wildman–Crippen MR) is 127 cm³/mol. The van der Waals surface area contributed by atoms with Gasteiger partial charge >= 0.3 is 0 Å². The predicted octanol–water partition coefficient (Wildman–Crippen LogP) is 6.22. The summed E-state index contributed by atoms with van der Waals surface area (Å²) < 4.78 is 0. The number of hydrogen-bond acceptors (Lipinski definition) is 2. The SMILES string of the molecule is CCC1=C=C1C1=C2C3C12C31CC1/C=C/C1=C2C=C(C3CC3C3CC4(C3)C3C5(CN=O)C=CC354)C21. The van der Waals surface area contributed by atoms with Crippen LogP contribution in [0.3, 0.4) is 0 Å². The lowest BCUT2D eigenvalue weighted by molar-refractivity contribution is 0.0151. The van der Waals surface area contributed by atoms with Crippen molar-refractivity contribution in [3.63, 3.8) is 0 Å². The third kappa shape index (κ3) is 1.20. The van der Waals surface area contributed by atoms with E-state index in [-0.39, 0.29) is 5.41 Å². The fraction of sp³-hybridized carbons (Fsp3) is 0.594. The van der Waals surface area contributed by atoms with E-state index in [1.807, 2.05) is 5.57 Å². The first kappa shape index (κ1) is 16.5. The fourth-order valence-electron chi connectivity index (χ4n) is 12.2. The summed E-state index contributed by atoms with van der Waals surface area (Å²) in [5, 5.41) is 3.26. The van der Waals surface area contributed by atoms with Gasteiger partial charge in [0, 0.05) is 39.2 Å². The Bertz CT molecular complexity index is 1550. The van der Waals surface area contributed by atoms with Crippen molar-refractivity contribution in [3.05, 3.63) is 80.0 Å². The highest BCUT2D eigenvalue weighted by molar-refractivity contribution is 5.94. The van der Waals surface area contributed by atoms with Crippen molar-refractivity contribution in [2.45, 2.75) is 39.0 Å². The summed E-state index contributed by atoms with van der Waals surface area (Å²) >= 11 is 0. The smallest absolute Gasteiger partial charge is 0.0913 e. The number of allylic oxidation sites excluding steroid dienone is 10. The molecule has 0 bridgehead atoms. The van der Waals surface area contributed by atoms with Crippen molar-refractivity contribution in [2.75, 3.05) is 6.54 Å². The van der Waals surface area contributed by atoms with E-state index in [1.54, 1.807) is 27.9 Å². The van der Waals surface area contributed by atoms with Crippen molar-refractivity contribution < 1.29 is 0 Å². The van der Waals surface area contributed by atoms with E-state index in [1.165, 1.54) is 37.7 Å². The Labute approximate surface area is 199 Å². The summed E-state index contributed by atoms with van der Waals surface area (Å²) in [4.78, 5) is 10.8. The molecule has 12 aliphatic carbocycles. The zero-order chi connectivity index (χ0) is 21.8. The molecule has 0 aromatic heterocycles. The summed E-state index contributed by atoms with van der Waals surface area (Å²) in [5.41, 5.74) is 18.1. The Morgan fingerprint density at radius 1 is 1.24 bits per heavy atom. The molecule has 2 heteroatoms. The van der Waals surface area contributed by atoms with Crippen molar-refractivity contribution in [3.8, 4) is 0 Å². The van der Waals surface area contributed by atoms with Crippen LogP contribution in [0, 0.1) is 73.4 Å². The van der Waals surface area contributed by atoms with Crippen LogP contribution in [0.1, 0.15) is 39.0 Å². The number of rotatable bonds is 8. The summed E-state index contributed by atoms with van der Waals surface area (Å²) in [5.74, 6) is 6.30. The maximum absolute atomic E-state index is 10.8. The molecule has 10 atom stereocenters. The van der Waals surface area contributed by atoms with Gasteiger partial charge in [-0.2, -0.15) is 4.91 Å². The molecule has 12 aliphatic rings. The fourth-order valence-corrected chi connectivity index (χ4v) is 12.2. The van der Waals surface area contributed by atoms with Crippen LogP contribution in [0.2, 0.25) is 0 Å². The van der Waals surface area contributed by atoms with Crippen molar-refractivity contribution in [2.24, 2.45) is 73.7 Å². The first-order valence-electron chi connectivity index (χ1n) is 14.1. The van der Waals surface area contributed by atoms with Crippen molar-refractivity contribution >= 4 is 0 Å². The van der Waals surface area contributed by atoms with Crippen LogP contribution in [0.5, 0.6) is 0 Å². The summed E-state index contributed by atoms with van der Waals surface area (Å²) in [6.45, 7) is 2.81. The molecule has 0 radical (unpaired) electrons. The number of fused-ring (bicyclic) bond motifs is 5. The van der Waals surface area contributed by atoms with Gasteiger partial charge in [-0.05, 0) is 94.8 Å². The maximum Gasteiger partial charge on any atom is 0.0913 e. The Hall–Kier alpha value is -2.18. The van der Waals surface area contributed by atoms with Crippen LogP contribution in [-0.4, -0.2) is 6.54 Å². The lowest BCUT2D eigenvalue weighted by Crippen LogP contribution is -2.46. The van der Waals surface area contributed by atoms with E-state index in [0.29, 0.717) is 28.2 Å². The molecule has 166 valence electrons. The van der Waals surface area contributed by atoms with E-state index in [9.17, 15) is 4.91 Å². The molecule has 0 heterocycles. The van der Waals surface area contributed by atoms with Crippen molar-refractivity contribution in [1.82, 2.24) is 0 Å². The van der Waals surface area contributed by atoms with Crippen LogP contribution >= 0.6 is 0 Å². The Balaban J connectivity index is 0.671. The van der Waals surface area contributed by atoms with E-state index in [0.717, 1.165) is 41.4 Å². The largest absolute Gasteiger partial charge is 0.151 e. The first-order chi connectivity index (χ1) is 16.7. The molecule has 2 nitrogen and oxygen atoms in total. The minimum absolute atomic E-state index is 0.247. The van der Waals surface area contributed by atoms with Gasteiger partial charge in [-0.25, -0.2) is 0 Å². The molecule has 0 amide bonds. The first-order valence-corrected chi connectivity index (χ1v) is 14.1. The van der Waals surface area contributed by atoms with Gasteiger partial charge in [0.15, 0.2) is 0 Å². The van der Waals surface area contributed by atoms with Gasteiger partial charge in [0.25, 0.3) is 0 Å². The van der Waals surface area contributed by atoms with E-state index in [4.69, 9.17) is 0 Å². The molecule has 0 aliphatic heterocycles. The molecule has 0 saturated heterocycles. The zero-order valence-corrected chi connectivity index (χ0v) is 19.5. The van der Waals surface area contributed by atoms with E-state index < -0.39 is 0 Å². The molecular formula is C32H27NO. The molecular weight excluding hydrogens is 414 g/mol. The van der Waals surface area contributed by atoms with Crippen molar-refractivity contribution in [1.29, 1.82) is 0 Å². The Kier molecular flexibility index (Phi) is 1.94.